The fraction of sp³-hybridized carbons (Fsp3) is 0. The van der Waals surface area contributed by atoms with E-state index in [1.807, 2.05) is 0 Å². The fourth-order valence-corrected chi connectivity index (χ4v) is 4.56. The molecule has 0 saturated carbocycles. The highest BCUT2D eigenvalue weighted by Gasteiger charge is 2.35. The lowest BCUT2D eigenvalue weighted by Gasteiger charge is -2.20. The van der Waals surface area contributed by atoms with Crippen LogP contribution in [0.1, 0.15) is 31.8 Å². The van der Waals surface area contributed by atoms with Gasteiger partial charge in [-0.25, -0.2) is 8.42 Å². The number of ketones is 2. The zero-order valence-electron chi connectivity index (χ0n) is 13.0. The van der Waals surface area contributed by atoms with Crippen molar-refractivity contribution >= 4 is 21.4 Å². The average molecular weight is 348 g/mol. The standard InChI is InChI=1S/C20H12O4S/c21-19-14-9-4-5-10-15(14)20(22)18-16(19)11-6-12-17(18)25(23,24)13-7-2-1-3-8-13/h1-12H. The van der Waals surface area contributed by atoms with Crippen molar-refractivity contribution in [3.8, 4) is 0 Å². The van der Waals surface area contributed by atoms with Gasteiger partial charge in [0.15, 0.2) is 11.6 Å². The van der Waals surface area contributed by atoms with Crippen LogP contribution < -0.4 is 0 Å². The number of rotatable bonds is 2. The van der Waals surface area contributed by atoms with E-state index in [0.29, 0.717) is 5.56 Å². The minimum absolute atomic E-state index is 0.0462. The third-order valence-electron chi connectivity index (χ3n) is 4.26. The van der Waals surface area contributed by atoms with Crippen molar-refractivity contribution in [1.82, 2.24) is 0 Å². The highest BCUT2D eigenvalue weighted by atomic mass is 32.2. The van der Waals surface area contributed by atoms with Gasteiger partial charge in [0.2, 0.25) is 9.84 Å². The molecule has 3 aromatic carbocycles. The monoisotopic (exact) mass is 348 g/mol. The molecule has 0 aromatic heterocycles. The molecule has 3 aromatic rings. The van der Waals surface area contributed by atoms with Crippen LogP contribution in [0.4, 0.5) is 0 Å². The van der Waals surface area contributed by atoms with E-state index in [-0.39, 0.29) is 32.3 Å². The van der Waals surface area contributed by atoms with Gasteiger partial charge in [-0.15, -0.1) is 0 Å². The van der Waals surface area contributed by atoms with Crippen molar-refractivity contribution < 1.29 is 18.0 Å². The van der Waals surface area contributed by atoms with E-state index in [9.17, 15) is 18.0 Å². The Labute approximate surface area is 144 Å². The van der Waals surface area contributed by atoms with E-state index in [1.165, 1.54) is 30.3 Å². The van der Waals surface area contributed by atoms with Gasteiger partial charge in [0, 0.05) is 16.7 Å². The predicted molar refractivity (Wildman–Crippen MR) is 91.6 cm³/mol. The van der Waals surface area contributed by atoms with E-state index in [1.54, 1.807) is 42.5 Å². The molecule has 4 rings (SSSR count). The molecule has 4 nitrogen and oxygen atoms in total. The van der Waals surface area contributed by atoms with Gasteiger partial charge in [0.1, 0.15) is 0 Å². The first-order valence-corrected chi connectivity index (χ1v) is 9.12. The predicted octanol–water partition coefficient (Wildman–Crippen LogP) is 3.29. The second kappa shape index (κ2) is 5.50. The first-order valence-electron chi connectivity index (χ1n) is 7.63. The molecule has 0 spiro atoms. The van der Waals surface area contributed by atoms with Crippen LogP contribution >= 0.6 is 0 Å². The first-order chi connectivity index (χ1) is 12.0. The molecule has 0 heterocycles. The Kier molecular flexibility index (Phi) is 3.40. The highest BCUT2D eigenvalue weighted by molar-refractivity contribution is 7.91. The zero-order valence-corrected chi connectivity index (χ0v) is 13.8. The number of fused-ring (bicyclic) bond motifs is 2. The fourth-order valence-electron chi connectivity index (χ4n) is 3.06. The SMILES string of the molecule is O=C1c2ccccc2C(=O)c2c1cccc2S(=O)(=O)c1ccccc1. The summed E-state index contributed by atoms with van der Waals surface area (Å²) in [7, 11) is -3.91. The van der Waals surface area contributed by atoms with Gasteiger partial charge >= 0.3 is 0 Å². The Balaban J connectivity index is 2.01. The van der Waals surface area contributed by atoms with Crippen molar-refractivity contribution in [2.45, 2.75) is 9.79 Å². The summed E-state index contributed by atoms with van der Waals surface area (Å²) in [6.45, 7) is 0. The molecular formula is C20H12O4S. The summed E-state index contributed by atoms with van der Waals surface area (Å²) in [4.78, 5) is 25.6. The van der Waals surface area contributed by atoms with Crippen LogP contribution in [0.5, 0.6) is 0 Å². The number of benzene rings is 3. The molecule has 0 radical (unpaired) electrons. The maximum atomic E-state index is 13.0. The molecule has 122 valence electrons. The molecule has 1 aliphatic carbocycles. The summed E-state index contributed by atoms with van der Waals surface area (Å²) in [6, 6.07) is 18.7. The molecule has 25 heavy (non-hydrogen) atoms. The van der Waals surface area contributed by atoms with Crippen LogP contribution in [-0.4, -0.2) is 20.0 Å². The lowest BCUT2D eigenvalue weighted by atomic mass is 9.84. The number of sulfone groups is 1. The third kappa shape index (κ3) is 2.24. The van der Waals surface area contributed by atoms with E-state index in [4.69, 9.17) is 0 Å². The number of hydrogen-bond donors (Lipinski definition) is 0. The lowest BCUT2D eigenvalue weighted by Crippen LogP contribution is -2.23. The Hall–Kier alpha value is -3.05. The minimum atomic E-state index is -3.91. The highest BCUT2D eigenvalue weighted by Crippen LogP contribution is 2.33. The van der Waals surface area contributed by atoms with Gasteiger partial charge in [-0.1, -0.05) is 54.6 Å². The molecule has 5 heteroatoms. The maximum Gasteiger partial charge on any atom is 0.207 e. The third-order valence-corrected chi connectivity index (χ3v) is 6.07. The van der Waals surface area contributed by atoms with Crippen molar-refractivity contribution in [2.24, 2.45) is 0 Å². The number of carbonyl (C=O) groups is 2. The molecule has 0 amide bonds. The van der Waals surface area contributed by atoms with Gasteiger partial charge < -0.3 is 0 Å². The zero-order chi connectivity index (χ0) is 17.6. The Morgan fingerprint density at radius 1 is 0.560 bits per heavy atom. The topological polar surface area (TPSA) is 68.3 Å². The Morgan fingerprint density at radius 3 is 1.80 bits per heavy atom. The van der Waals surface area contributed by atoms with Gasteiger partial charge in [0.25, 0.3) is 0 Å². The second-order valence-electron chi connectivity index (χ2n) is 5.70. The lowest BCUT2D eigenvalue weighted by molar-refractivity contribution is 0.0976. The molecule has 0 aliphatic heterocycles. The first kappa shape index (κ1) is 15.5. The number of carbonyl (C=O) groups excluding carboxylic acids is 2. The summed E-state index contributed by atoms with van der Waals surface area (Å²) in [6.07, 6.45) is 0. The summed E-state index contributed by atoms with van der Waals surface area (Å²) in [5.41, 5.74) is 0.612. The van der Waals surface area contributed by atoms with Crippen LogP contribution in [0.25, 0.3) is 0 Å². The van der Waals surface area contributed by atoms with Crippen molar-refractivity contribution in [1.29, 1.82) is 0 Å². The second-order valence-corrected chi connectivity index (χ2v) is 7.62. The summed E-state index contributed by atoms with van der Waals surface area (Å²) >= 11 is 0. The van der Waals surface area contributed by atoms with E-state index in [0.717, 1.165) is 0 Å². The Morgan fingerprint density at radius 2 is 1.12 bits per heavy atom. The smallest absolute Gasteiger partial charge is 0.207 e. The molecule has 1 aliphatic rings. The summed E-state index contributed by atoms with van der Waals surface area (Å²) < 4.78 is 26.0. The van der Waals surface area contributed by atoms with Crippen LogP contribution in [-0.2, 0) is 9.84 Å². The van der Waals surface area contributed by atoms with Crippen LogP contribution in [0.3, 0.4) is 0 Å². The van der Waals surface area contributed by atoms with Crippen molar-refractivity contribution in [2.75, 3.05) is 0 Å². The van der Waals surface area contributed by atoms with Gasteiger partial charge in [-0.05, 0) is 18.2 Å². The molecular weight excluding hydrogens is 336 g/mol. The van der Waals surface area contributed by atoms with Gasteiger partial charge in [-0.2, -0.15) is 0 Å². The molecule has 0 bridgehead atoms. The van der Waals surface area contributed by atoms with E-state index >= 15 is 0 Å². The van der Waals surface area contributed by atoms with Crippen LogP contribution in [0, 0.1) is 0 Å². The molecule has 0 fully saturated rings. The molecule has 0 atom stereocenters. The summed E-state index contributed by atoms with van der Waals surface area (Å²) in [5.74, 6) is -0.782. The quantitative estimate of drug-likeness (QED) is 0.557. The normalized spacial score (nSPS) is 13.3. The molecule has 0 N–H and O–H groups in total. The van der Waals surface area contributed by atoms with Gasteiger partial charge in [-0.3, -0.25) is 9.59 Å². The maximum absolute atomic E-state index is 13.0. The minimum Gasteiger partial charge on any atom is -0.289 e. The summed E-state index contributed by atoms with van der Waals surface area (Å²) in [5, 5.41) is 0. The number of hydrogen-bond acceptors (Lipinski definition) is 4. The Bertz CT molecular complexity index is 1130. The average Bonchev–Trinajstić information content (AvgIpc) is 2.66. The largest absolute Gasteiger partial charge is 0.289 e. The van der Waals surface area contributed by atoms with E-state index < -0.39 is 15.6 Å². The molecule has 0 unspecified atom stereocenters. The van der Waals surface area contributed by atoms with Crippen LogP contribution in [0.2, 0.25) is 0 Å². The van der Waals surface area contributed by atoms with Crippen molar-refractivity contribution in [3.05, 3.63) is 95.1 Å². The van der Waals surface area contributed by atoms with E-state index in [2.05, 4.69) is 0 Å². The van der Waals surface area contributed by atoms with Gasteiger partial charge in [0.05, 0.1) is 15.4 Å². The van der Waals surface area contributed by atoms with Crippen molar-refractivity contribution in [3.63, 3.8) is 0 Å². The molecule has 0 saturated heterocycles. The van der Waals surface area contributed by atoms with Crippen LogP contribution in [0.15, 0.2) is 82.6 Å².